The van der Waals surface area contributed by atoms with Crippen molar-refractivity contribution in [2.24, 2.45) is 0 Å². The van der Waals surface area contributed by atoms with Crippen LogP contribution >= 0.6 is 23.2 Å². The van der Waals surface area contributed by atoms with Gasteiger partial charge >= 0.3 is 11.7 Å². The monoisotopic (exact) mass is 384 g/mol. The molecule has 1 fully saturated rings. The number of urea groups is 1. The Hall–Kier alpha value is -2.52. The Balaban J connectivity index is 1.61. The predicted octanol–water partition coefficient (Wildman–Crippen LogP) is 1.12. The number of piperazine rings is 1. The van der Waals surface area contributed by atoms with Gasteiger partial charge in [-0.3, -0.25) is 9.78 Å². The number of halogens is 2. The van der Waals surface area contributed by atoms with E-state index in [2.05, 4.69) is 20.5 Å². The number of carbonyl (C=O) groups is 1. The molecule has 3 rings (SSSR count). The van der Waals surface area contributed by atoms with Gasteiger partial charge in [0.25, 0.3) is 5.56 Å². The summed E-state index contributed by atoms with van der Waals surface area (Å²) in [5.74, 6) is 0.129. The molecule has 0 atom stereocenters. The number of nitrogens with one attached hydrogen (secondary N) is 3. The van der Waals surface area contributed by atoms with Gasteiger partial charge < -0.3 is 15.1 Å². The summed E-state index contributed by atoms with van der Waals surface area (Å²) in [4.78, 5) is 40.5. The van der Waals surface area contributed by atoms with Crippen LogP contribution in [0.1, 0.15) is 0 Å². The minimum atomic E-state index is -0.659. The summed E-state index contributed by atoms with van der Waals surface area (Å²) >= 11 is 11.8. The Morgan fingerprint density at radius 2 is 1.84 bits per heavy atom. The first kappa shape index (κ1) is 17.3. The van der Waals surface area contributed by atoms with E-state index < -0.39 is 11.2 Å². The summed E-state index contributed by atoms with van der Waals surface area (Å²) in [7, 11) is 0. The highest BCUT2D eigenvalue weighted by Gasteiger charge is 2.23. The average Bonchev–Trinajstić information content (AvgIpc) is 2.58. The second kappa shape index (κ2) is 7.16. The molecule has 2 aromatic rings. The van der Waals surface area contributed by atoms with E-state index in [9.17, 15) is 14.4 Å². The second-order valence-corrected chi connectivity index (χ2v) is 6.18. The number of carbonyl (C=O) groups excluding carboxylic acids is 1. The summed E-state index contributed by atoms with van der Waals surface area (Å²) < 4.78 is 0. The lowest BCUT2D eigenvalue weighted by Gasteiger charge is -2.34. The van der Waals surface area contributed by atoms with Crippen molar-refractivity contribution >= 4 is 40.7 Å². The number of anilines is 2. The van der Waals surface area contributed by atoms with Crippen LogP contribution in [0.15, 0.2) is 27.8 Å². The molecule has 1 saturated heterocycles. The molecule has 1 aromatic heterocycles. The van der Waals surface area contributed by atoms with Gasteiger partial charge in [-0.05, 0) is 18.2 Å². The molecule has 25 heavy (non-hydrogen) atoms. The fourth-order valence-electron chi connectivity index (χ4n) is 2.45. The van der Waals surface area contributed by atoms with Crippen LogP contribution in [0, 0.1) is 0 Å². The number of hydrogen-bond donors (Lipinski definition) is 3. The third-order valence-electron chi connectivity index (χ3n) is 3.73. The molecule has 2 heterocycles. The average molecular weight is 385 g/mol. The summed E-state index contributed by atoms with van der Waals surface area (Å²) in [6.45, 7) is 1.62. The van der Waals surface area contributed by atoms with Crippen molar-refractivity contribution in [1.29, 1.82) is 0 Å². The Bertz CT molecular complexity index is 904. The molecule has 132 valence electrons. The second-order valence-electron chi connectivity index (χ2n) is 5.36. The molecule has 1 aromatic carbocycles. The van der Waals surface area contributed by atoms with Crippen LogP contribution in [0.5, 0.6) is 0 Å². The van der Waals surface area contributed by atoms with Crippen LogP contribution in [0.2, 0.25) is 10.0 Å². The van der Waals surface area contributed by atoms with Crippen molar-refractivity contribution in [1.82, 2.24) is 20.1 Å². The molecule has 0 saturated carbocycles. The zero-order valence-electron chi connectivity index (χ0n) is 12.9. The number of aromatic amines is 2. The summed E-state index contributed by atoms with van der Waals surface area (Å²) in [5, 5.41) is 9.46. The number of amides is 2. The van der Waals surface area contributed by atoms with Crippen LogP contribution in [-0.4, -0.2) is 52.3 Å². The fourth-order valence-corrected chi connectivity index (χ4v) is 2.75. The Kier molecular flexibility index (Phi) is 4.95. The molecule has 1 aliphatic heterocycles. The molecule has 0 spiro atoms. The van der Waals surface area contributed by atoms with Crippen molar-refractivity contribution < 1.29 is 4.79 Å². The number of hydrogen-bond acceptors (Lipinski definition) is 5. The molecule has 9 nitrogen and oxygen atoms in total. The third kappa shape index (κ3) is 3.94. The molecule has 1 aliphatic rings. The quantitative estimate of drug-likeness (QED) is 0.717. The molecule has 0 radical (unpaired) electrons. The summed E-state index contributed by atoms with van der Waals surface area (Å²) in [6.07, 6.45) is 0. The fraction of sp³-hybridized carbons (Fsp3) is 0.286. The Morgan fingerprint density at radius 3 is 2.48 bits per heavy atom. The first-order valence-electron chi connectivity index (χ1n) is 7.39. The summed E-state index contributed by atoms with van der Waals surface area (Å²) in [6, 6.07) is 4.56. The van der Waals surface area contributed by atoms with E-state index in [4.69, 9.17) is 23.2 Å². The van der Waals surface area contributed by atoms with Gasteiger partial charge in [0.1, 0.15) is 0 Å². The molecule has 0 aliphatic carbocycles. The lowest BCUT2D eigenvalue weighted by molar-refractivity contribution is 0.208. The van der Waals surface area contributed by atoms with E-state index in [1.807, 2.05) is 0 Å². The lowest BCUT2D eigenvalue weighted by Crippen LogP contribution is -2.51. The van der Waals surface area contributed by atoms with Crippen molar-refractivity contribution in [3.05, 3.63) is 49.1 Å². The van der Waals surface area contributed by atoms with Crippen LogP contribution in [-0.2, 0) is 0 Å². The maximum absolute atomic E-state index is 12.3. The van der Waals surface area contributed by atoms with Crippen LogP contribution in [0.3, 0.4) is 0 Å². The van der Waals surface area contributed by atoms with E-state index in [-0.39, 0.29) is 11.8 Å². The van der Waals surface area contributed by atoms with E-state index >= 15 is 0 Å². The van der Waals surface area contributed by atoms with Crippen molar-refractivity contribution in [2.45, 2.75) is 0 Å². The lowest BCUT2D eigenvalue weighted by atomic mass is 10.3. The van der Waals surface area contributed by atoms with E-state index in [1.54, 1.807) is 28.0 Å². The Labute approximate surface area is 151 Å². The zero-order valence-corrected chi connectivity index (χ0v) is 14.4. The maximum atomic E-state index is 12.3. The standard InChI is InChI=1S/C14H14Cl2N6O3/c15-9-2-1-8(7-10(9)16)17-14(25)22-5-3-21(4-6-22)11-12(23)18-13(24)20-19-11/h1-2,7H,3-6H2,(H,17,25)(H2,18,20,23,24). The van der Waals surface area contributed by atoms with Crippen LogP contribution in [0.4, 0.5) is 16.3 Å². The number of aromatic nitrogens is 3. The van der Waals surface area contributed by atoms with E-state index in [0.717, 1.165) is 0 Å². The molecule has 11 heteroatoms. The number of nitrogens with zero attached hydrogens (tertiary/aromatic N) is 3. The number of rotatable bonds is 2. The topological polar surface area (TPSA) is 114 Å². The minimum absolute atomic E-state index is 0.129. The van der Waals surface area contributed by atoms with E-state index in [1.165, 1.54) is 0 Å². The van der Waals surface area contributed by atoms with E-state index in [0.29, 0.717) is 41.9 Å². The van der Waals surface area contributed by atoms with Gasteiger partial charge in [0, 0.05) is 31.9 Å². The minimum Gasteiger partial charge on any atom is -0.347 e. The highest BCUT2D eigenvalue weighted by molar-refractivity contribution is 6.42. The molecule has 0 unspecified atom stereocenters. The predicted molar refractivity (Wildman–Crippen MR) is 94.7 cm³/mol. The van der Waals surface area contributed by atoms with Crippen molar-refractivity contribution in [2.75, 3.05) is 36.4 Å². The molecule has 0 bridgehead atoms. The highest BCUT2D eigenvalue weighted by atomic mass is 35.5. The van der Waals surface area contributed by atoms with Gasteiger partial charge in [0.15, 0.2) is 0 Å². The SMILES string of the molecule is O=C(Nc1ccc(Cl)c(Cl)c1)N1CCN(c2n[nH]c(=O)[nH]c2=O)CC1. The maximum Gasteiger partial charge on any atom is 0.342 e. The van der Waals surface area contributed by atoms with Gasteiger partial charge in [-0.15, -0.1) is 5.10 Å². The smallest absolute Gasteiger partial charge is 0.342 e. The largest absolute Gasteiger partial charge is 0.347 e. The van der Waals surface area contributed by atoms with Gasteiger partial charge in [0.2, 0.25) is 5.82 Å². The molecule has 3 N–H and O–H groups in total. The highest BCUT2D eigenvalue weighted by Crippen LogP contribution is 2.25. The van der Waals surface area contributed by atoms with Crippen LogP contribution in [0.25, 0.3) is 0 Å². The van der Waals surface area contributed by atoms with Crippen molar-refractivity contribution in [3.8, 4) is 0 Å². The van der Waals surface area contributed by atoms with Crippen molar-refractivity contribution in [3.63, 3.8) is 0 Å². The third-order valence-corrected chi connectivity index (χ3v) is 4.47. The number of H-pyrrole nitrogens is 2. The first-order chi connectivity index (χ1) is 11.9. The van der Waals surface area contributed by atoms with Crippen LogP contribution < -0.4 is 21.5 Å². The molecular formula is C14H14Cl2N6O3. The van der Waals surface area contributed by atoms with Gasteiger partial charge in [-0.25, -0.2) is 14.7 Å². The Morgan fingerprint density at radius 1 is 1.12 bits per heavy atom. The number of benzene rings is 1. The molecular weight excluding hydrogens is 371 g/mol. The van der Waals surface area contributed by atoms with Gasteiger partial charge in [-0.2, -0.15) is 0 Å². The summed E-state index contributed by atoms with van der Waals surface area (Å²) in [5.41, 5.74) is -0.675. The van der Waals surface area contributed by atoms with Gasteiger partial charge in [-0.1, -0.05) is 23.2 Å². The zero-order chi connectivity index (χ0) is 18.0. The normalized spacial score (nSPS) is 14.5. The molecule has 2 amide bonds. The first-order valence-corrected chi connectivity index (χ1v) is 8.14. The van der Waals surface area contributed by atoms with Gasteiger partial charge in [0.05, 0.1) is 10.0 Å².